The van der Waals surface area contributed by atoms with Gasteiger partial charge in [-0.05, 0) is 30.7 Å². The largest absolute Gasteiger partial charge is 0.380 e. The van der Waals surface area contributed by atoms with Gasteiger partial charge in [-0.3, -0.25) is 9.78 Å². The Balaban J connectivity index is 1.60. The smallest absolute Gasteiger partial charge is 0.258 e. The highest BCUT2D eigenvalue weighted by Gasteiger charge is 2.27. The number of aromatic nitrogens is 2. The van der Waals surface area contributed by atoms with Crippen molar-refractivity contribution < 1.29 is 13.2 Å². The Kier molecular flexibility index (Phi) is 4.24. The van der Waals surface area contributed by atoms with Crippen molar-refractivity contribution in [3.05, 3.63) is 48.4 Å². The number of pyridine rings is 2. The van der Waals surface area contributed by atoms with Gasteiger partial charge in [-0.1, -0.05) is 0 Å². The van der Waals surface area contributed by atoms with Gasteiger partial charge in [-0.2, -0.15) is 0 Å². The van der Waals surface area contributed by atoms with Gasteiger partial charge in [-0.25, -0.2) is 13.4 Å². The Hall–Kier alpha value is -2.48. The van der Waals surface area contributed by atoms with Crippen LogP contribution in [0.15, 0.2) is 42.9 Å². The standard InChI is InChI=1S/C15H16N4O3S/c20-15(11-2-1-6-16-8-11)19-14-4-3-12(9-17-14)18-13-5-7-23(21,22)10-13/h1-4,6,8-9,13,18H,5,7,10H2,(H,17,19,20). The van der Waals surface area contributed by atoms with E-state index in [-0.39, 0.29) is 23.5 Å². The maximum Gasteiger partial charge on any atom is 0.258 e. The van der Waals surface area contributed by atoms with E-state index in [1.807, 2.05) is 0 Å². The number of hydrogen-bond acceptors (Lipinski definition) is 6. The van der Waals surface area contributed by atoms with Gasteiger partial charge < -0.3 is 10.6 Å². The monoisotopic (exact) mass is 332 g/mol. The Morgan fingerprint density at radius 1 is 1.22 bits per heavy atom. The second-order valence-electron chi connectivity index (χ2n) is 5.37. The molecule has 3 heterocycles. The molecule has 3 rings (SSSR count). The van der Waals surface area contributed by atoms with Gasteiger partial charge in [0.15, 0.2) is 9.84 Å². The molecule has 0 spiro atoms. The third-order valence-electron chi connectivity index (χ3n) is 3.53. The third-order valence-corrected chi connectivity index (χ3v) is 5.30. The van der Waals surface area contributed by atoms with Crippen molar-refractivity contribution in [2.24, 2.45) is 0 Å². The van der Waals surface area contributed by atoms with Crippen LogP contribution in [0.5, 0.6) is 0 Å². The normalized spacial score (nSPS) is 19.2. The summed E-state index contributed by atoms with van der Waals surface area (Å²) in [5, 5.41) is 5.82. The summed E-state index contributed by atoms with van der Waals surface area (Å²) in [5.74, 6) is 0.501. The highest BCUT2D eigenvalue weighted by molar-refractivity contribution is 7.91. The van der Waals surface area contributed by atoms with Crippen molar-refractivity contribution in [2.75, 3.05) is 22.1 Å². The lowest BCUT2D eigenvalue weighted by Crippen LogP contribution is -2.20. The number of carbonyl (C=O) groups excluding carboxylic acids is 1. The summed E-state index contributed by atoms with van der Waals surface area (Å²) in [6.45, 7) is 0. The minimum absolute atomic E-state index is 0.0855. The van der Waals surface area contributed by atoms with Gasteiger partial charge in [0.25, 0.3) is 5.91 Å². The first-order valence-corrected chi connectivity index (χ1v) is 8.98. The van der Waals surface area contributed by atoms with E-state index < -0.39 is 9.84 Å². The number of rotatable bonds is 4. The van der Waals surface area contributed by atoms with Crippen LogP contribution in [-0.2, 0) is 9.84 Å². The van der Waals surface area contributed by atoms with E-state index in [9.17, 15) is 13.2 Å². The molecule has 1 fully saturated rings. The van der Waals surface area contributed by atoms with Crippen LogP contribution in [0, 0.1) is 0 Å². The first kappa shape index (κ1) is 15.4. The molecule has 0 radical (unpaired) electrons. The fourth-order valence-electron chi connectivity index (χ4n) is 2.38. The van der Waals surface area contributed by atoms with Gasteiger partial charge >= 0.3 is 0 Å². The molecule has 23 heavy (non-hydrogen) atoms. The predicted octanol–water partition coefficient (Wildman–Crippen LogP) is 1.33. The second-order valence-corrected chi connectivity index (χ2v) is 7.60. The first-order chi connectivity index (χ1) is 11.0. The van der Waals surface area contributed by atoms with Crippen molar-refractivity contribution in [3.8, 4) is 0 Å². The van der Waals surface area contributed by atoms with Gasteiger partial charge in [0.1, 0.15) is 5.82 Å². The van der Waals surface area contributed by atoms with E-state index in [1.54, 1.807) is 36.7 Å². The molecule has 8 heteroatoms. The van der Waals surface area contributed by atoms with Crippen molar-refractivity contribution in [2.45, 2.75) is 12.5 Å². The maximum absolute atomic E-state index is 12.0. The van der Waals surface area contributed by atoms with E-state index in [1.165, 1.54) is 6.20 Å². The summed E-state index contributed by atoms with van der Waals surface area (Å²) >= 11 is 0. The molecule has 0 aromatic carbocycles. The number of nitrogens with zero attached hydrogens (tertiary/aromatic N) is 2. The quantitative estimate of drug-likeness (QED) is 0.876. The van der Waals surface area contributed by atoms with Crippen LogP contribution < -0.4 is 10.6 Å². The van der Waals surface area contributed by atoms with Gasteiger partial charge in [0.2, 0.25) is 0 Å². The molecule has 0 bridgehead atoms. The van der Waals surface area contributed by atoms with E-state index >= 15 is 0 Å². The number of hydrogen-bond donors (Lipinski definition) is 2. The zero-order chi connectivity index (χ0) is 16.3. The summed E-state index contributed by atoms with van der Waals surface area (Å²) < 4.78 is 22.9. The third kappa shape index (κ3) is 4.04. The Labute approximate surface area is 134 Å². The molecule has 1 aliphatic heterocycles. The summed E-state index contributed by atoms with van der Waals surface area (Å²) in [5.41, 5.74) is 1.18. The number of amides is 1. The molecule has 0 saturated carbocycles. The molecule has 120 valence electrons. The number of sulfone groups is 1. The minimum Gasteiger partial charge on any atom is -0.380 e. The van der Waals surface area contributed by atoms with E-state index in [0.717, 1.165) is 5.69 Å². The predicted molar refractivity (Wildman–Crippen MR) is 87.1 cm³/mol. The molecule has 0 aliphatic carbocycles. The van der Waals surface area contributed by atoms with Crippen molar-refractivity contribution in [1.82, 2.24) is 9.97 Å². The van der Waals surface area contributed by atoms with E-state index in [0.29, 0.717) is 17.8 Å². The molecule has 2 aromatic rings. The second kappa shape index (κ2) is 6.33. The average Bonchev–Trinajstić information content (AvgIpc) is 2.89. The van der Waals surface area contributed by atoms with Crippen molar-refractivity contribution in [1.29, 1.82) is 0 Å². The van der Waals surface area contributed by atoms with Crippen LogP contribution in [0.25, 0.3) is 0 Å². The van der Waals surface area contributed by atoms with E-state index in [4.69, 9.17) is 0 Å². The SMILES string of the molecule is O=C(Nc1ccc(NC2CCS(=O)(=O)C2)cn1)c1cccnc1. The lowest BCUT2D eigenvalue weighted by atomic mass is 10.2. The fourth-order valence-corrected chi connectivity index (χ4v) is 4.06. The van der Waals surface area contributed by atoms with Crippen LogP contribution in [0.2, 0.25) is 0 Å². The highest BCUT2D eigenvalue weighted by Crippen LogP contribution is 2.18. The molecule has 2 N–H and O–H groups in total. The van der Waals surface area contributed by atoms with Crippen LogP contribution in [0.4, 0.5) is 11.5 Å². The maximum atomic E-state index is 12.0. The molecular weight excluding hydrogens is 316 g/mol. The first-order valence-electron chi connectivity index (χ1n) is 7.16. The van der Waals surface area contributed by atoms with Gasteiger partial charge in [-0.15, -0.1) is 0 Å². The highest BCUT2D eigenvalue weighted by atomic mass is 32.2. The number of anilines is 2. The molecular formula is C15H16N4O3S. The summed E-state index contributed by atoms with van der Waals surface area (Å²) in [7, 11) is -2.92. The average molecular weight is 332 g/mol. The Bertz CT molecular complexity index is 791. The molecule has 2 aromatic heterocycles. The molecule has 1 amide bonds. The lowest BCUT2D eigenvalue weighted by molar-refractivity contribution is 0.102. The van der Waals surface area contributed by atoms with E-state index in [2.05, 4.69) is 20.6 Å². The topological polar surface area (TPSA) is 101 Å². The van der Waals surface area contributed by atoms with Crippen LogP contribution in [0.1, 0.15) is 16.8 Å². The van der Waals surface area contributed by atoms with Crippen molar-refractivity contribution in [3.63, 3.8) is 0 Å². The summed E-state index contributed by atoms with van der Waals surface area (Å²) in [6, 6.07) is 6.69. The summed E-state index contributed by atoms with van der Waals surface area (Å²) in [4.78, 5) is 20.0. The number of carbonyl (C=O) groups is 1. The van der Waals surface area contributed by atoms with Gasteiger partial charge in [0, 0.05) is 18.4 Å². The Morgan fingerprint density at radius 2 is 2.09 bits per heavy atom. The molecule has 1 atom stereocenters. The van der Waals surface area contributed by atoms with Gasteiger partial charge in [0.05, 0.1) is 29.0 Å². The minimum atomic E-state index is -2.92. The molecule has 1 aliphatic rings. The summed E-state index contributed by atoms with van der Waals surface area (Å²) in [6.07, 6.45) is 5.25. The molecule has 7 nitrogen and oxygen atoms in total. The van der Waals surface area contributed by atoms with Crippen LogP contribution in [0.3, 0.4) is 0 Å². The zero-order valence-electron chi connectivity index (χ0n) is 12.3. The molecule has 1 unspecified atom stereocenters. The van der Waals surface area contributed by atoms with Crippen molar-refractivity contribution >= 4 is 27.2 Å². The Morgan fingerprint density at radius 3 is 2.70 bits per heavy atom. The van der Waals surface area contributed by atoms with Crippen LogP contribution >= 0.6 is 0 Å². The zero-order valence-corrected chi connectivity index (χ0v) is 13.1. The number of nitrogens with one attached hydrogen (secondary N) is 2. The van der Waals surface area contributed by atoms with Crippen LogP contribution in [-0.4, -0.2) is 41.8 Å². The molecule has 1 saturated heterocycles. The lowest BCUT2D eigenvalue weighted by Gasteiger charge is -2.12. The fraction of sp³-hybridized carbons (Fsp3) is 0.267.